The summed E-state index contributed by atoms with van der Waals surface area (Å²) in [5, 5.41) is 14.0. The second-order valence-corrected chi connectivity index (χ2v) is 7.93. The summed E-state index contributed by atoms with van der Waals surface area (Å²) in [6.07, 6.45) is 0. The van der Waals surface area contributed by atoms with E-state index in [0.717, 1.165) is 11.1 Å². The predicted molar refractivity (Wildman–Crippen MR) is 111 cm³/mol. The number of carbonyl (C=O) groups excluding carboxylic acids is 2. The van der Waals surface area contributed by atoms with Crippen molar-refractivity contribution in [1.29, 1.82) is 0 Å². The van der Waals surface area contributed by atoms with Gasteiger partial charge in [-0.1, -0.05) is 40.2 Å². The van der Waals surface area contributed by atoms with E-state index in [-0.39, 0.29) is 18.3 Å². The molecule has 0 N–H and O–H groups in total. The number of carbonyl (C=O) groups is 2. The number of aromatic nitrogens is 2. The summed E-state index contributed by atoms with van der Waals surface area (Å²) in [5.41, 5.74) is 3.31. The van der Waals surface area contributed by atoms with Gasteiger partial charge < -0.3 is 4.52 Å². The van der Waals surface area contributed by atoms with E-state index in [9.17, 15) is 9.59 Å². The number of imide groups is 1. The van der Waals surface area contributed by atoms with E-state index in [2.05, 4.69) is 20.5 Å². The van der Waals surface area contributed by atoms with Crippen molar-refractivity contribution in [3.8, 4) is 11.4 Å². The number of halogens is 1. The van der Waals surface area contributed by atoms with Gasteiger partial charge >= 0.3 is 0 Å². The van der Waals surface area contributed by atoms with Gasteiger partial charge in [0.15, 0.2) is 12.1 Å². The molecule has 31 heavy (non-hydrogen) atoms. The Labute approximate surface area is 182 Å². The fraction of sp³-hybridized carbons (Fsp3) is 0.238. The van der Waals surface area contributed by atoms with Gasteiger partial charge in [0.1, 0.15) is 6.54 Å². The molecule has 0 bridgehead atoms. The highest BCUT2D eigenvalue weighted by Gasteiger charge is 2.55. The molecule has 1 saturated heterocycles. The van der Waals surface area contributed by atoms with Gasteiger partial charge in [-0.2, -0.15) is 10.1 Å². The second-order valence-electron chi connectivity index (χ2n) is 7.49. The van der Waals surface area contributed by atoms with Crippen LogP contribution in [0.2, 0.25) is 5.02 Å². The number of anilines is 1. The summed E-state index contributed by atoms with van der Waals surface area (Å²) in [6, 6.07) is 10.8. The quantitative estimate of drug-likeness (QED) is 0.580. The molecule has 0 radical (unpaired) electrons. The SMILES string of the molecule is Cc1ccc(N2C(=O)[C@@H]3N=NN(Cc4nc(-c5cccc(Cl)c5)no4)[C@H]3C2=O)cc1C. The Kier molecular flexibility index (Phi) is 4.55. The van der Waals surface area contributed by atoms with Crippen molar-refractivity contribution in [2.24, 2.45) is 10.3 Å². The van der Waals surface area contributed by atoms with Gasteiger partial charge in [-0.05, 0) is 49.2 Å². The molecule has 2 aliphatic heterocycles. The van der Waals surface area contributed by atoms with Gasteiger partial charge in [0.2, 0.25) is 11.7 Å². The predicted octanol–water partition coefficient (Wildman–Crippen LogP) is 3.50. The Bertz CT molecular complexity index is 1240. The average Bonchev–Trinajstić information content (AvgIpc) is 3.43. The molecule has 3 heterocycles. The zero-order valence-corrected chi connectivity index (χ0v) is 17.4. The third-order valence-corrected chi connectivity index (χ3v) is 5.69. The minimum absolute atomic E-state index is 0.0536. The van der Waals surface area contributed by atoms with E-state index in [1.807, 2.05) is 32.0 Å². The van der Waals surface area contributed by atoms with Crippen LogP contribution in [0.4, 0.5) is 5.69 Å². The van der Waals surface area contributed by atoms with E-state index in [0.29, 0.717) is 22.1 Å². The minimum Gasteiger partial charge on any atom is -0.337 e. The lowest BCUT2D eigenvalue weighted by Gasteiger charge is -2.19. The molecule has 2 atom stereocenters. The summed E-state index contributed by atoms with van der Waals surface area (Å²) in [4.78, 5) is 31.5. The van der Waals surface area contributed by atoms with Gasteiger partial charge in [0, 0.05) is 10.6 Å². The lowest BCUT2D eigenvalue weighted by atomic mass is 10.1. The van der Waals surface area contributed by atoms with Crippen LogP contribution in [0.25, 0.3) is 11.4 Å². The van der Waals surface area contributed by atoms with Crippen LogP contribution in [0.3, 0.4) is 0 Å². The molecule has 1 aromatic heterocycles. The first-order valence-electron chi connectivity index (χ1n) is 9.63. The van der Waals surface area contributed by atoms with Crippen LogP contribution in [0.5, 0.6) is 0 Å². The molecular formula is C21H17ClN6O3. The van der Waals surface area contributed by atoms with Crippen LogP contribution >= 0.6 is 11.6 Å². The summed E-state index contributed by atoms with van der Waals surface area (Å²) < 4.78 is 5.31. The molecule has 0 spiro atoms. The highest BCUT2D eigenvalue weighted by Crippen LogP contribution is 2.33. The molecule has 2 aromatic carbocycles. The molecule has 2 aliphatic rings. The average molecular weight is 437 g/mol. The first-order valence-corrected chi connectivity index (χ1v) is 10.0. The molecule has 0 saturated carbocycles. The van der Waals surface area contributed by atoms with Crippen LogP contribution in [0.15, 0.2) is 57.3 Å². The van der Waals surface area contributed by atoms with Crippen LogP contribution < -0.4 is 4.90 Å². The van der Waals surface area contributed by atoms with Crippen molar-refractivity contribution < 1.29 is 14.1 Å². The number of rotatable bonds is 4. The summed E-state index contributed by atoms with van der Waals surface area (Å²) in [7, 11) is 0. The fourth-order valence-corrected chi connectivity index (χ4v) is 3.87. The molecule has 1 fully saturated rings. The van der Waals surface area contributed by atoms with Crippen molar-refractivity contribution >= 4 is 29.1 Å². The zero-order valence-electron chi connectivity index (χ0n) is 16.7. The number of hydrogen-bond acceptors (Lipinski definition) is 8. The van der Waals surface area contributed by atoms with Gasteiger partial charge in [-0.15, -0.1) is 0 Å². The van der Waals surface area contributed by atoms with E-state index < -0.39 is 18.0 Å². The topological polar surface area (TPSA) is 104 Å². The molecule has 9 nitrogen and oxygen atoms in total. The highest BCUT2D eigenvalue weighted by molar-refractivity contribution is 6.30. The van der Waals surface area contributed by atoms with Crippen LogP contribution in [0.1, 0.15) is 17.0 Å². The van der Waals surface area contributed by atoms with Crippen molar-refractivity contribution in [3.63, 3.8) is 0 Å². The lowest BCUT2D eigenvalue weighted by Crippen LogP contribution is -2.39. The van der Waals surface area contributed by atoms with E-state index >= 15 is 0 Å². The number of hydrogen-bond donors (Lipinski definition) is 0. The molecule has 2 amide bonds. The monoisotopic (exact) mass is 436 g/mol. The number of aryl methyl sites for hydroxylation is 2. The maximum absolute atomic E-state index is 13.1. The first-order chi connectivity index (χ1) is 14.9. The van der Waals surface area contributed by atoms with Crippen LogP contribution in [0, 0.1) is 13.8 Å². The lowest BCUT2D eigenvalue weighted by molar-refractivity contribution is -0.123. The Morgan fingerprint density at radius 1 is 1.06 bits per heavy atom. The maximum atomic E-state index is 13.1. The Morgan fingerprint density at radius 2 is 1.90 bits per heavy atom. The minimum atomic E-state index is -0.885. The third-order valence-electron chi connectivity index (χ3n) is 5.45. The molecule has 5 rings (SSSR count). The van der Waals surface area contributed by atoms with Crippen molar-refractivity contribution in [3.05, 3.63) is 64.5 Å². The van der Waals surface area contributed by atoms with Crippen molar-refractivity contribution in [2.75, 3.05) is 4.90 Å². The molecular weight excluding hydrogens is 420 g/mol. The Morgan fingerprint density at radius 3 is 2.68 bits per heavy atom. The number of amides is 2. The molecule has 0 aliphatic carbocycles. The van der Waals surface area contributed by atoms with E-state index in [1.165, 1.54) is 9.91 Å². The Balaban J connectivity index is 1.37. The molecule has 10 heteroatoms. The maximum Gasteiger partial charge on any atom is 0.263 e. The Hall–Kier alpha value is -3.59. The van der Waals surface area contributed by atoms with Crippen LogP contribution in [-0.2, 0) is 16.1 Å². The van der Waals surface area contributed by atoms with Gasteiger partial charge in [0.25, 0.3) is 11.8 Å². The molecule has 3 aromatic rings. The largest absolute Gasteiger partial charge is 0.337 e. The normalized spacial score (nSPS) is 20.1. The highest BCUT2D eigenvalue weighted by atomic mass is 35.5. The standard InChI is InChI=1S/C21H17ClN6O3/c1-11-6-7-15(8-12(11)2)28-20(29)17-18(21(28)30)27(26-24-17)10-16-23-19(25-31-16)13-4-3-5-14(22)9-13/h3-9,17-18H,10H2,1-2H3/t17-,18-/m1/s1. The smallest absolute Gasteiger partial charge is 0.263 e. The molecule has 0 unspecified atom stereocenters. The van der Waals surface area contributed by atoms with Gasteiger partial charge in [-0.25, -0.2) is 4.90 Å². The first kappa shape index (κ1) is 19.4. The van der Waals surface area contributed by atoms with Crippen molar-refractivity contribution in [2.45, 2.75) is 32.5 Å². The van der Waals surface area contributed by atoms with Gasteiger partial charge in [0.05, 0.1) is 5.69 Å². The number of benzene rings is 2. The fourth-order valence-electron chi connectivity index (χ4n) is 3.68. The van der Waals surface area contributed by atoms with E-state index in [1.54, 1.807) is 24.3 Å². The van der Waals surface area contributed by atoms with Crippen molar-refractivity contribution in [1.82, 2.24) is 15.1 Å². The third kappa shape index (κ3) is 3.27. The van der Waals surface area contributed by atoms with Crippen LogP contribution in [-0.4, -0.2) is 39.0 Å². The zero-order chi connectivity index (χ0) is 21.7. The summed E-state index contributed by atoms with van der Waals surface area (Å²) in [6.45, 7) is 3.96. The van der Waals surface area contributed by atoms with Gasteiger partial charge in [-0.3, -0.25) is 14.6 Å². The summed E-state index contributed by atoms with van der Waals surface area (Å²) in [5.74, 6) is -0.150. The molecule has 156 valence electrons. The summed E-state index contributed by atoms with van der Waals surface area (Å²) >= 11 is 6.02. The second kappa shape index (κ2) is 7.28. The van der Waals surface area contributed by atoms with E-state index in [4.69, 9.17) is 16.1 Å². The number of nitrogens with zero attached hydrogens (tertiary/aromatic N) is 6. The number of fused-ring (bicyclic) bond motifs is 1.